The maximum absolute atomic E-state index is 11.4. The monoisotopic (exact) mass is 194 g/mol. The molecule has 0 unspecified atom stereocenters. The fourth-order valence-corrected chi connectivity index (χ4v) is 1.78. The standard InChI is InChI=1S/C11H14OS/c1-9(2)5-6-10(12)8-11-4-3-7-13-11/h3-4,7H,1,5-6,8H2,2H3. The average molecular weight is 194 g/mol. The van der Waals surface area contributed by atoms with Crippen molar-refractivity contribution in [1.82, 2.24) is 0 Å². The molecule has 0 bridgehead atoms. The lowest BCUT2D eigenvalue weighted by molar-refractivity contribution is -0.118. The first-order valence-corrected chi connectivity index (χ1v) is 5.25. The quantitative estimate of drug-likeness (QED) is 0.658. The molecular weight excluding hydrogens is 180 g/mol. The van der Waals surface area contributed by atoms with Gasteiger partial charge in [0.1, 0.15) is 5.78 Å². The molecule has 0 saturated carbocycles. The molecule has 1 rings (SSSR count). The second-order valence-electron chi connectivity index (χ2n) is 3.25. The molecule has 0 amide bonds. The molecule has 0 aliphatic rings. The van der Waals surface area contributed by atoms with Crippen LogP contribution in [0.2, 0.25) is 0 Å². The number of hydrogen-bond acceptors (Lipinski definition) is 2. The van der Waals surface area contributed by atoms with Gasteiger partial charge in [-0.3, -0.25) is 4.79 Å². The summed E-state index contributed by atoms with van der Waals surface area (Å²) in [5.41, 5.74) is 1.08. The van der Waals surface area contributed by atoms with Crippen LogP contribution in [-0.4, -0.2) is 5.78 Å². The van der Waals surface area contributed by atoms with Gasteiger partial charge in [0, 0.05) is 17.7 Å². The topological polar surface area (TPSA) is 17.1 Å². The van der Waals surface area contributed by atoms with Crippen LogP contribution in [0.1, 0.15) is 24.6 Å². The van der Waals surface area contributed by atoms with E-state index in [0.717, 1.165) is 16.9 Å². The van der Waals surface area contributed by atoms with E-state index in [4.69, 9.17) is 0 Å². The smallest absolute Gasteiger partial charge is 0.138 e. The maximum atomic E-state index is 11.4. The SMILES string of the molecule is C=C(C)CCC(=O)Cc1cccs1. The van der Waals surface area contributed by atoms with Crippen LogP contribution in [0.15, 0.2) is 29.7 Å². The number of ketones is 1. The summed E-state index contributed by atoms with van der Waals surface area (Å²) in [6.07, 6.45) is 2.04. The Balaban J connectivity index is 2.30. The summed E-state index contributed by atoms with van der Waals surface area (Å²) < 4.78 is 0. The third-order valence-corrected chi connectivity index (χ3v) is 2.66. The van der Waals surface area contributed by atoms with E-state index in [1.165, 1.54) is 0 Å². The minimum absolute atomic E-state index is 0.311. The van der Waals surface area contributed by atoms with Gasteiger partial charge in [-0.1, -0.05) is 11.6 Å². The highest BCUT2D eigenvalue weighted by molar-refractivity contribution is 7.10. The minimum atomic E-state index is 0.311. The van der Waals surface area contributed by atoms with Crippen molar-refractivity contribution in [2.45, 2.75) is 26.2 Å². The summed E-state index contributed by atoms with van der Waals surface area (Å²) in [5, 5.41) is 2.00. The molecule has 70 valence electrons. The van der Waals surface area contributed by atoms with Crippen LogP contribution in [0.5, 0.6) is 0 Å². The number of allylic oxidation sites excluding steroid dienone is 1. The molecule has 0 atom stereocenters. The molecule has 1 heterocycles. The van der Waals surface area contributed by atoms with Crippen molar-refractivity contribution in [3.05, 3.63) is 34.5 Å². The van der Waals surface area contributed by atoms with Crippen molar-refractivity contribution in [2.75, 3.05) is 0 Å². The molecule has 1 aromatic heterocycles. The summed E-state index contributed by atoms with van der Waals surface area (Å²) in [5.74, 6) is 0.311. The van der Waals surface area contributed by atoms with Crippen molar-refractivity contribution in [3.8, 4) is 0 Å². The van der Waals surface area contributed by atoms with E-state index in [9.17, 15) is 4.79 Å². The van der Waals surface area contributed by atoms with Crippen molar-refractivity contribution in [3.63, 3.8) is 0 Å². The molecule has 1 nitrogen and oxygen atoms in total. The number of carbonyl (C=O) groups is 1. The lowest BCUT2D eigenvalue weighted by Crippen LogP contribution is -2.00. The minimum Gasteiger partial charge on any atom is -0.299 e. The molecule has 0 N–H and O–H groups in total. The van der Waals surface area contributed by atoms with Gasteiger partial charge in [-0.05, 0) is 24.8 Å². The zero-order chi connectivity index (χ0) is 9.68. The number of carbonyl (C=O) groups excluding carboxylic acids is 1. The van der Waals surface area contributed by atoms with Gasteiger partial charge in [-0.25, -0.2) is 0 Å². The van der Waals surface area contributed by atoms with Crippen LogP contribution < -0.4 is 0 Å². The van der Waals surface area contributed by atoms with E-state index < -0.39 is 0 Å². The van der Waals surface area contributed by atoms with E-state index >= 15 is 0 Å². The zero-order valence-corrected chi connectivity index (χ0v) is 8.69. The van der Waals surface area contributed by atoms with Gasteiger partial charge in [-0.15, -0.1) is 17.9 Å². The largest absolute Gasteiger partial charge is 0.299 e. The molecule has 0 aliphatic carbocycles. The van der Waals surface area contributed by atoms with Gasteiger partial charge < -0.3 is 0 Å². The van der Waals surface area contributed by atoms with E-state index in [1.54, 1.807) is 11.3 Å². The third-order valence-electron chi connectivity index (χ3n) is 1.78. The molecule has 13 heavy (non-hydrogen) atoms. The number of thiophene rings is 1. The summed E-state index contributed by atoms with van der Waals surface area (Å²) in [7, 11) is 0. The maximum Gasteiger partial charge on any atom is 0.138 e. The summed E-state index contributed by atoms with van der Waals surface area (Å²) in [6, 6.07) is 3.98. The van der Waals surface area contributed by atoms with Crippen molar-refractivity contribution in [1.29, 1.82) is 0 Å². The Morgan fingerprint density at radius 1 is 1.54 bits per heavy atom. The molecule has 0 radical (unpaired) electrons. The number of Topliss-reactive ketones (excluding diaryl/α,β-unsaturated/α-hetero) is 1. The van der Waals surface area contributed by atoms with Gasteiger partial charge in [0.2, 0.25) is 0 Å². The van der Waals surface area contributed by atoms with E-state index in [0.29, 0.717) is 18.6 Å². The molecule has 0 fully saturated rings. The van der Waals surface area contributed by atoms with E-state index in [1.807, 2.05) is 24.4 Å². The number of hydrogen-bond donors (Lipinski definition) is 0. The second-order valence-corrected chi connectivity index (χ2v) is 4.28. The third kappa shape index (κ3) is 4.04. The molecule has 0 saturated heterocycles. The summed E-state index contributed by atoms with van der Waals surface area (Å²) in [6.45, 7) is 5.73. The van der Waals surface area contributed by atoms with Gasteiger partial charge >= 0.3 is 0 Å². The average Bonchev–Trinajstić information content (AvgIpc) is 2.53. The normalized spacial score (nSPS) is 9.92. The predicted octanol–water partition coefficient (Wildman–Crippen LogP) is 3.22. The van der Waals surface area contributed by atoms with Gasteiger partial charge in [-0.2, -0.15) is 0 Å². The lowest BCUT2D eigenvalue weighted by atomic mass is 10.1. The predicted molar refractivity (Wildman–Crippen MR) is 57.1 cm³/mol. The van der Waals surface area contributed by atoms with Crippen molar-refractivity contribution < 1.29 is 4.79 Å². The van der Waals surface area contributed by atoms with Crippen LogP contribution in [0.3, 0.4) is 0 Å². The highest BCUT2D eigenvalue weighted by Gasteiger charge is 2.03. The van der Waals surface area contributed by atoms with Crippen LogP contribution in [0, 0.1) is 0 Å². The van der Waals surface area contributed by atoms with Crippen LogP contribution >= 0.6 is 11.3 Å². The fourth-order valence-electron chi connectivity index (χ4n) is 1.05. The zero-order valence-electron chi connectivity index (χ0n) is 7.88. The van der Waals surface area contributed by atoms with Crippen molar-refractivity contribution >= 4 is 17.1 Å². The Morgan fingerprint density at radius 3 is 2.85 bits per heavy atom. The molecule has 0 aliphatic heterocycles. The Labute approximate surface area is 83.1 Å². The highest BCUT2D eigenvalue weighted by atomic mass is 32.1. The number of rotatable bonds is 5. The summed E-state index contributed by atoms with van der Waals surface area (Å²) in [4.78, 5) is 12.5. The van der Waals surface area contributed by atoms with Crippen LogP contribution in [-0.2, 0) is 11.2 Å². The second kappa shape index (κ2) is 4.97. The molecule has 2 heteroatoms. The first-order valence-electron chi connectivity index (χ1n) is 4.37. The Kier molecular flexibility index (Phi) is 3.90. The van der Waals surface area contributed by atoms with Gasteiger partial charge in [0.25, 0.3) is 0 Å². The van der Waals surface area contributed by atoms with Crippen LogP contribution in [0.4, 0.5) is 0 Å². The Bertz CT molecular complexity index is 285. The fraction of sp³-hybridized carbons (Fsp3) is 0.364. The lowest BCUT2D eigenvalue weighted by Gasteiger charge is -1.98. The molecule has 0 aromatic carbocycles. The molecule has 1 aromatic rings. The van der Waals surface area contributed by atoms with Crippen LogP contribution in [0.25, 0.3) is 0 Å². The first kappa shape index (κ1) is 10.2. The summed E-state index contributed by atoms with van der Waals surface area (Å²) >= 11 is 1.64. The van der Waals surface area contributed by atoms with Gasteiger partial charge in [0.05, 0.1) is 0 Å². The van der Waals surface area contributed by atoms with Gasteiger partial charge in [0.15, 0.2) is 0 Å². The first-order chi connectivity index (χ1) is 6.18. The highest BCUT2D eigenvalue weighted by Crippen LogP contribution is 2.11. The molecular formula is C11H14OS. The van der Waals surface area contributed by atoms with Crippen molar-refractivity contribution in [2.24, 2.45) is 0 Å². The Hall–Kier alpha value is -0.890. The Morgan fingerprint density at radius 2 is 2.31 bits per heavy atom. The molecule has 0 spiro atoms. The van der Waals surface area contributed by atoms with E-state index in [2.05, 4.69) is 6.58 Å². The van der Waals surface area contributed by atoms with E-state index in [-0.39, 0.29) is 0 Å².